The maximum absolute atomic E-state index is 11.0. The first-order valence-corrected chi connectivity index (χ1v) is 6.23. The smallest absolute Gasteiger partial charge is 0.337 e. The summed E-state index contributed by atoms with van der Waals surface area (Å²) in [5, 5.41) is 9.47. The van der Waals surface area contributed by atoms with Crippen molar-refractivity contribution in [2.24, 2.45) is 0 Å². The fourth-order valence-electron chi connectivity index (χ4n) is 1.50. The number of ether oxygens (including phenoxy) is 1. The van der Waals surface area contributed by atoms with E-state index >= 15 is 0 Å². The lowest BCUT2D eigenvalue weighted by Gasteiger charge is -2.07. The van der Waals surface area contributed by atoms with Crippen molar-refractivity contribution in [3.05, 3.63) is 42.1 Å². The molecule has 0 aliphatic heterocycles. The lowest BCUT2D eigenvalue weighted by atomic mass is 10.2. The van der Waals surface area contributed by atoms with Crippen LogP contribution < -0.4 is 10.5 Å². The number of nitrogen functional groups attached to an aromatic ring is 1. The molecule has 5 nitrogen and oxygen atoms in total. The van der Waals surface area contributed by atoms with Gasteiger partial charge in [0, 0.05) is 11.1 Å². The van der Waals surface area contributed by atoms with Crippen LogP contribution >= 0.6 is 11.8 Å². The van der Waals surface area contributed by atoms with Gasteiger partial charge < -0.3 is 15.6 Å². The zero-order valence-corrected chi connectivity index (χ0v) is 11.0. The molecule has 0 saturated carbocycles. The summed E-state index contributed by atoms with van der Waals surface area (Å²) in [4.78, 5) is 16.0. The quantitative estimate of drug-likeness (QED) is 0.892. The summed E-state index contributed by atoms with van der Waals surface area (Å²) >= 11 is 1.30. The number of nitrogens with two attached hydrogens (primary N) is 1. The third-order valence-corrected chi connectivity index (χ3v) is 3.45. The van der Waals surface area contributed by atoms with E-state index < -0.39 is 5.97 Å². The molecule has 3 N–H and O–H groups in total. The van der Waals surface area contributed by atoms with E-state index in [9.17, 15) is 4.79 Å². The molecule has 19 heavy (non-hydrogen) atoms. The number of aromatic carboxylic acids is 1. The van der Waals surface area contributed by atoms with E-state index in [0.717, 1.165) is 10.6 Å². The maximum atomic E-state index is 11.0. The number of anilines is 1. The van der Waals surface area contributed by atoms with Gasteiger partial charge >= 0.3 is 5.97 Å². The van der Waals surface area contributed by atoms with Gasteiger partial charge in [0.1, 0.15) is 10.8 Å². The van der Waals surface area contributed by atoms with Gasteiger partial charge in [-0.2, -0.15) is 0 Å². The predicted octanol–water partition coefficient (Wildman–Crippen LogP) is 2.52. The lowest BCUT2D eigenvalue weighted by Crippen LogP contribution is -2.04. The van der Waals surface area contributed by atoms with E-state index in [1.807, 2.05) is 24.3 Å². The SMILES string of the molecule is COc1cccc(Sc2nccc(C(=O)O)c2N)c1. The lowest BCUT2D eigenvalue weighted by molar-refractivity contribution is 0.0697. The highest BCUT2D eigenvalue weighted by Gasteiger charge is 2.13. The van der Waals surface area contributed by atoms with Crippen molar-refractivity contribution in [2.75, 3.05) is 12.8 Å². The number of benzene rings is 1. The molecule has 0 amide bonds. The van der Waals surface area contributed by atoms with Crippen molar-refractivity contribution >= 4 is 23.4 Å². The van der Waals surface area contributed by atoms with Crippen molar-refractivity contribution in [3.63, 3.8) is 0 Å². The number of carboxylic acids is 1. The molecule has 1 aromatic heterocycles. The number of rotatable bonds is 4. The van der Waals surface area contributed by atoms with Gasteiger partial charge in [-0.15, -0.1) is 0 Å². The summed E-state index contributed by atoms with van der Waals surface area (Å²) in [5.74, 6) is -0.342. The van der Waals surface area contributed by atoms with Crippen LogP contribution in [0.1, 0.15) is 10.4 Å². The summed E-state index contributed by atoms with van der Waals surface area (Å²) < 4.78 is 5.13. The minimum absolute atomic E-state index is 0.0559. The Morgan fingerprint density at radius 2 is 2.21 bits per heavy atom. The Labute approximate surface area is 114 Å². The molecular formula is C13H12N2O3S. The molecule has 0 fully saturated rings. The van der Waals surface area contributed by atoms with Crippen LogP contribution in [-0.4, -0.2) is 23.2 Å². The topological polar surface area (TPSA) is 85.4 Å². The molecule has 0 saturated heterocycles. The van der Waals surface area contributed by atoms with E-state index in [4.69, 9.17) is 15.6 Å². The number of methoxy groups -OCH3 is 1. The van der Waals surface area contributed by atoms with Crippen LogP contribution in [0.3, 0.4) is 0 Å². The van der Waals surface area contributed by atoms with Gasteiger partial charge in [-0.05, 0) is 24.3 Å². The molecule has 1 heterocycles. The van der Waals surface area contributed by atoms with Crippen molar-refractivity contribution < 1.29 is 14.6 Å². The van der Waals surface area contributed by atoms with Gasteiger partial charge in [-0.3, -0.25) is 0 Å². The Hall–Kier alpha value is -2.21. The summed E-state index contributed by atoms with van der Waals surface area (Å²) in [5.41, 5.74) is 6.03. The summed E-state index contributed by atoms with van der Waals surface area (Å²) in [6, 6.07) is 8.77. The van der Waals surface area contributed by atoms with E-state index in [1.54, 1.807) is 7.11 Å². The monoisotopic (exact) mass is 276 g/mol. The number of aromatic nitrogens is 1. The average molecular weight is 276 g/mol. The highest BCUT2D eigenvalue weighted by Crippen LogP contribution is 2.33. The highest BCUT2D eigenvalue weighted by atomic mass is 32.2. The number of carboxylic acid groups (broad SMARTS) is 1. The molecule has 0 aliphatic rings. The van der Waals surface area contributed by atoms with Gasteiger partial charge in [0.2, 0.25) is 0 Å². The zero-order chi connectivity index (χ0) is 13.8. The molecule has 6 heteroatoms. The normalized spacial score (nSPS) is 10.2. The fourth-order valence-corrected chi connectivity index (χ4v) is 2.38. The standard InChI is InChI=1S/C13H12N2O3S/c1-18-8-3-2-4-9(7-8)19-12-11(14)10(13(16)17)5-6-15-12/h2-7H,14H2,1H3,(H,16,17). The fraction of sp³-hybridized carbons (Fsp3) is 0.0769. The minimum atomic E-state index is -1.06. The Balaban J connectivity index is 2.33. The van der Waals surface area contributed by atoms with Gasteiger partial charge in [0.05, 0.1) is 18.4 Å². The molecule has 0 aliphatic carbocycles. The minimum Gasteiger partial charge on any atom is -0.497 e. The third-order valence-electron chi connectivity index (χ3n) is 2.44. The van der Waals surface area contributed by atoms with Crippen molar-refractivity contribution in [1.29, 1.82) is 0 Å². The van der Waals surface area contributed by atoms with Crippen LogP contribution in [0.25, 0.3) is 0 Å². The molecule has 0 unspecified atom stereocenters. The van der Waals surface area contributed by atoms with E-state index in [1.165, 1.54) is 24.0 Å². The Morgan fingerprint density at radius 3 is 2.89 bits per heavy atom. The number of pyridine rings is 1. The zero-order valence-electron chi connectivity index (χ0n) is 10.2. The Morgan fingerprint density at radius 1 is 1.42 bits per heavy atom. The third kappa shape index (κ3) is 2.97. The van der Waals surface area contributed by atoms with Crippen LogP contribution in [0, 0.1) is 0 Å². The first-order valence-electron chi connectivity index (χ1n) is 5.41. The largest absolute Gasteiger partial charge is 0.497 e. The van der Waals surface area contributed by atoms with Crippen LogP contribution in [-0.2, 0) is 0 Å². The van der Waals surface area contributed by atoms with Crippen LogP contribution in [0.2, 0.25) is 0 Å². The number of carbonyl (C=O) groups is 1. The van der Waals surface area contributed by atoms with E-state index in [-0.39, 0.29) is 11.3 Å². The van der Waals surface area contributed by atoms with Gasteiger partial charge in [-0.25, -0.2) is 9.78 Å². The van der Waals surface area contributed by atoms with Crippen molar-refractivity contribution in [1.82, 2.24) is 4.98 Å². The summed E-state index contributed by atoms with van der Waals surface area (Å²) in [7, 11) is 1.58. The van der Waals surface area contributed by atoms with Gasteiger partial charge in [-0.1, -0.05) is 17.8 Å². The molecule has 0 bridgehead atoms. The Bertz CT molecular complexity index is 617. The van der Waals surface area contributed by atoms with Crippen LogP contribution in [0.4, 0.5) is 5.69 Å². The molecular weight excluding hydrogens is 264 g/mol. The number of hydrogen-bond donors (Lipinski definition) is 2. The second-order valence-electron chi connectivity index (χ2n) is 3.66. The first kappa shape index (κ1) is 13.2. The molecule has 0 radical (unpaired) electrons. The van der Waals surface area contributed by atoms with Gasteiger partial charge in [0.15, 0.2) is 0 Å². The molecule has 0 spiro atoms. The second-order valence-corrected chi connectivity index (χ2v) is 4.73. The predicted molar refractivity (Wildman–Crippen MR) is 72.7 cm³/mol. The number of nitrogens with zero attached hydrogens (tertiary/aromatic N) is 1. The number of hydrogen-bond acceptors (Lipinski definition) is 5. The highest BCUT2D eigenvalue weighted by molar-refractivity contribution is 7.99. The van der Waals surface area contributed by atoms with Crippen molar-refractivity contribution in [3.8, 4) is 5.75 Å². The first-order chi connectivity index (χ1) is 9.11. The molecule has 0 atom stereocenters. The van der Waals surface area contributed by atoms with Crippen LogP contribution in [0.5, 0.6) is 5.75 Å². The van der Waals surface area contributed by atoms with Crippen LogP contribution in [0.15, 0.2) is 46.5 Å². The molecule has 2 rings (SSSR count). The summed E-state index contributed by atoms with van der Waals surface area (Å²) in [6.45, 7) is 0. The average Bonchev–Trinajstić information content (AvgIpc) is 2.41. The van der Waals surface area contributed by atoms with Gasteiger partial charge in [0.25, 0.3) is 0 Å². The summed E-state index contributed by atoms with van der Waals surface area (Å²) in [6.07, 6.45) is 1.43. The Kier molecular flexibility index (Phi) is 3.91. The second kappa shape index (κ2) is 5.62. The molecule has 2 aromatic rings. The maximum Gasteiger partial charge on any atom is 0.337 e. The van der Waals surface area contributed by atoms with E-state index in [2.05, 4.69) is 4.98 Å². The molecule has 1 aromatic carbocycles. The molecule has 98 valence electrons. The van der Waals surface area contributed by atoms with E-state index in [0.29, 0.717) is 5.03 Å². The van der Waals surface area contributed by atoms with Crippen molar-refractivity contribution in [2.45, 2.75) is 9.92 Å².